The summed E-state index contributed by atoms with van der Waals surface area (Å²) in [5, 5.41) is 2.10. The topological polar surface area (TPSA) is 4.93 Å². The van der Waals surface area contributed by atoms with Crippen LogP contribution < -0.4 is 0 Å². The molecule has 0 fully saturated rings. The quantitative estimate of drug-likeness (QED) is 0.241. The predicted octanol–water partition coefficient (Wildman–Crippen LogP) is 8.22. The third kappa shape index (κ3) is 4.14. The molecule has 31 heavy (non-hydrogen) atoms. The maximum Gasteiger partial charge on any atom is 0.0839 e. The van der Waals surface area contributed by atoms with Gasteiger partial charge in [-0.2, -0.15) is 0 Å². The van der Waals surface area contributed by atoms with Crippen molar-refractivity contribution in [3.8, 4) is 0 Å². The molecule has 1 heterocycles. The van der Waals surface area contributed by atoms with Gasteiger partial charge in [-0.1, -0.05) is 109 Å². The molecule has 3 heteroatoms. The van der Waals surface area contributed by atoms with Crippen LogP contribution in [0, 0.1) is 0 Å². The first kappa shape index (κ1) is 20.0. The largest absolute Gasteiger partial charge is 0.335 e. The summed E-state index contributed by atoms with van der Waals surface area (Å²) >= 11 is 8.25. The third-order valence-corrected chi connectivity index (χ3v) is 7.01. The van der Waals surface area contributed by atoms with Gasteiger partial charge in [-0.15, -0.1) is 11.8 Å². The van der Waals surface area contributed by atoms with Crippen molar-refractivity contribution in [2.75, 3.05) is 0 Å². The van der Waals surface area contributed by atoms with Crippen LogP contribution in [-0.4, -0.2) is 4.57 Å². The summed E-state index contributed by atoms with van der Waals surface area (Å²) in [6, 6.07) is 38.3. The minimum atomic E-state index is 0.113. The number of para-hydroxylation sites is 1. The fourth-order valence-corrected chi connectivity index (χ4v) is 5.42. The van der Waals surface area contributed by atoms with Crippen molar-refractivity contribution in [1.82, 2.24) is 4.57 Å². The fraction of sp³-hybridized carbons (Fsp3) is 0.0714. The molecular formula is C28H22ClNS. The lowest BCUT2D eigenvalue weighted by atomic mass is 9.98. The second kappa shape index (κ2) is 9.05. The molecule has 0 aliphatic heterocycles. The van der Waals surface area contributed by atoms with Gasteiger partial charge >= 0.3 is 0 Å². The van der Waals surface area contributed by atoms with Crippen LogP contribution in [-0.2, 0) is 5.75 Å². The molecule has 0 bridgehead atoms. The Morgan fingerprint density at radius 1 is 0.677 bits per heavy atom. The summed E-state index contributed by atoms with van der Waals surface area (Å²) in [5.41, 5.74) is 4.95. The van der Waals surface area contributed by atoms with Crippen LogP contribution in [0.15, 0.2) is 120 Å². The van der Waals surface area contributed by atoms with Gasteiger partial charge in [0.2, 0.25) is 0 Å². The summed E-state index contributed by atoms with van der Waals surface area (Å²) in [7, 11) is 0. The third-order valence-electron chi connectivity index (χ3n) is 5.55. The number of fused-ring (bicyclic) bond motifs is 1. The van der Waals surface area contributed by atoms with Crippen molar-refractivity contribution in [2.24, 2.45) is 0 Å². The van der Waals surface area contributed by atoms with E-state index in [0.29, 0.717) is 0 Å². The molecule has 0 aliphatic rings. The number of rotatable bonds is 6. The van der Waals surface area contributed by atoms with Crippen LogP contribution in [0.3, 0.4) is 0 Å². The first-order valence-electron chi connectivity index (χ1n) is 10.4. The van der Waals surface area contributed by atoms with Crippen LogP contribution in [0.2, 0.25) is 5.02 Å². The lowest BCUT2D eigenvalue weighted by molar-refractivity contribution is 0.701. The van der Waals surface area contributed by atoms with Crippen molar-refractivity contribution < 1.29 is 0 Å². The Kier molecular flexibility index (Phi) is 5.84. The Balaban J connectivity index is 1.61. The van der Waals surface area contributed by atoms with Crippen LogP contribution in [0.4, 0.5) is 0 Å². The van der Waals surface area contributed by atoms with Gasteiger partial charge in [0.05, 0.1) is 11.6 Å². The average Bonchev–Trinajstić information content (AvgIpc) is 3.19. The van der Waals surface area contributed by atoms with E-state index in [1.165, 1.54) is 26.9 Å². The smallest absolute Gasteiger partial charge is 0.0839 e. The van der Waals surface area contributed by atoms with Crippen molar-refractivity contribution >= 4 is 34.3 Å². The van der Waals surface area contributed by atoms with Gasteiger partial charge in [0.15, 0.2) is 0 Å². The number of halogens is 1. The SMILES string of the molecule is Clc1ccccc1CSc1cn(C(c2ccccc2)c2ccccc2)c2ccccc12. The van der Waals surface area contributed by atoms with Gasteiger partial charge in [0.1, 0.15) is 0 Å². The molecular weight excluding hydrogens is 418 g/mol. The van der Waals surface area contributed by atoms with Crippen molar-refractivity contribution in [3.63, 3.8) is 0 Å². The van der Waals surface area contributed by atoms with Gasteiger partial charge in [-0.3, -0.25) is 0 Å². The highest BCUT2D eigenvalue weighted by Gasteiger charge is 2.20. The van der Waals surface area contributed by atoms with Crippen LogP contribution >= 0.6 is 23.4 Å². The molecule has 0 unspecified atom stereocenters. The summed E-state index contributed by atoms with van der Waals surface area (Å²) in [4.78, 5) is 1.27. The Hall–Kier alpha value is -2.94. The Labute approximate surface area is 192 Å². The molecule has 1 aromatic heterocycles. The standard InChI is InChI=1S/C28H22ClNS/c29-25-17-9-7-15-23(25)20-31-27-19-30(26-18-10-8-16-24(26)27)28(21-11-3-1-4-12-21)22-13-5-2-6-14-22/h1-19,28H,20H2. The molecule has 4 aromatic carbocycles. The zero-order chi connectivity index (χ0) is 21.0. The van der Waals surface area contributed by atoms with E-state index >= 15 is 0 Å². The van der Waals surface area contributed by atoms with Crippen molar-refractivity contribution in [1.29, 1.82) is 0 Å². The normalized spacial score (nSPS) is 11.3. The number of hydrogen-bond acceptors (Lipinski definition) is 1. The minimum Gasteiger partial charge on any atom is -0.335 e. The number of aromatic nitrogens is 1. The molecule has 5 aromatic rings. The summed E-state index contributed by atoms with van der Waals surface area (Å²) in [6.45, 7) is 0. The van der Waals surface area contributed by atoms with Crippen molar-refractivity contribution in [3.05, 3.63) is 137 Å². The van der Waals surface area contributed by atoms with Gasteiger partial charge < -0.3 is 4.57 Å². The maximum atomic E-state index is 6.41. The number of benzene rings is 4. The Morgan fingerprint density at radius 2 is 1.26 bits per heavy atom. The van der Waals surface area contributed by atoms with Gasteiger partial charge in [0, 0.05) is 27.3 Å². The monoisotopic (exact) mass is 439 g/mol. The second-order valence-corrected chi connectivity index (χ2v) is 8.95. The lowest BCUT2D eigenvalue weighted by Gasteiger charge is -2.21. The van der Waals surface area contributed by atoms with E-state index in [1.807, 2.05) is 30.0 Å². The second-order valence-electron chi connectivity index (χ2n) is 7.52. The Morgan fingerprint density at radius 3 is 1.94 bits per heavy atom. The highest BCUT2D eigenvalue weighted by Crippen LogP contribution is 2.38. The van der Waals surface area contributed by atoms with Crippen molar-refractivity contribution in [2.45, 2.75) is 16.7 Å². The zero-order valence-corrected chi connectivity index (χ0v) is 18.6. The van der Waals surface area contributed by atoms with E-state index in [2.05, 4.69) is 102 Å². The van der Waals surface area contributed by atoms with E-state index in [4.69, 9.17) is 11.6 Å². The lowest BCUT2D eigenvalue weighted by Crippen LogP contribution is -2.11. The number of thioether (sulfide) groups is 1. The van der Waals surface area contributed by atoms with Gasteiger partial charge in [0.25, 0.3) is 0 Å². The molecule has 152 valence electrons. The van der Waals surface area contributed by atoms with Gasteiger partial charge in [-0.25, -0.2) is 0 Å². The molecule has 0 atom stereocenters. The minimum absolute atomic E-state index is 0.113. The van der Waals surface area contributed by atoms with E-state index in [0.717, 1.165) is 16.3 Å². The summed E-state index contributed by atoms with van der Waals surface area (Å²) in [5.74, 6) is 0.842. The van der Waals surface area contributed by atoms with Crippen LogP contribution in [0.25, 0.3) is 10.9 Å². The van der Waals surface area contributed by atoms with E-state index in [9.17, 15) is 0 Å². The van der Waals surface area contributed by atoms with Crippen LogP contribution in [0.1, 0.15) is 22.7 Å². The number of nitrogens with zero attached hydrogens (tertiary/aromatic N) is 1. The van der Waals surface area contributed by atoms with Crippen LogP contribution in [0.5, 0.6) is 0 Å². The highest BCUT2D eigenvalue weighted by molar-refractivity contribution is 7.98. The van der Waals surface area contributed by atoms with E-state index in [-0.39, 0.29) is 6.04 Å². The zero-order valence-electron chi connectivity index (χ0n) is 17.0. The predicted molar refractivity (Wildman–Crippen MR) is 133 cm³/mol. The molecule has 0 amide bonds. The summed E-state index contributed by atoms with van der Waals surface area (Å²) in [6.07, 6.45) is 2.30. The molecule has 0 N–H and O–H groups in total. The first-order chi connectivity index (χ1) is 15.3. The highest BCUT2D eigenvalue weighted by atomic mass is 35.5. The Bertz CT molecular complexity index is 1260. The molecule has 5 rings (SSSR count). The first-order valence-corrected chi connectivity index (χ1v) is 11.7. The summed E-state index contributed by atoms with van der Waals surface area (Å²) < 4.78 is 2.41. The molecule has 0 spiro atoms. The molecule has 0 radical (unpaired) electrons. The van der Waals surface area contributed by atoms with E-state index < -0.39 is 0 Å². The molecule has 1 nitrogen and oxygen atoms in total. The fourth-order valence-electron chi connectivity index (χ4n) is 4.06. The molecule has 0 saturated heterocycles. The molecule has 0 saturated carbocycles. The number of hydrogen-bond donors (Lipinski definition) is 0. The van der Waals surface area contributed by atoms with Gasteiger partial charge in [-0.05, 0) is 28.8 Å². The van der Waals surface area contributed by atoms with E-state index in [1.54, 1.807) is 0 Å². The maximum absolute atomic E-state index is 6.41. The average molecular weight is 440 g/mol. The molecule has 0 aliphatic carbocycles.